The second kappa shape index (κ2) is 9.21. The minimum atomic E-state index is 0.336. The van der Waals surface area contributed by atoms with Crippen LogP contribution in [0.25, 0.3) is 10.2 Å². The van der Waals surface area contributed by atoms with Gasteiger partial charge in [0.15, 0.2) is 5.13 Å². The Hall–Kier alpha value is -1.69. The molecule has 1 fully saturated rings. The molecule has 3 rings (SSSR count). The van der Waals surface area contributed by atoms with Crippen LogP contribution in [0.1, 0.15) is 72.6 Å². The lowest BCUT2D eigenvalue weighted by atomic mass is 9.84. The summed E-state index contributed by atoms with van der Waals surface area (Å²) < 4.78 is 7.06. The van der Waals surface area contributed by atoms with Crippen LogP contribution < -0.4 is 10.1 Å². The minimum absolute atomic E-state index is 0.336. The van der Waals surface area contributed by atoms with Gasteiger partial charge in [-0.05, 0) is 43.1 Å². The molecular formula is C22H34N4OS. The highest BCUT2D eigenvalue weighted by atomic mass is 32.1. The predicted molar refractivity (Wildman–Crippen MR) is 118 cm³/mol. The van der Waals surface area contributed by atoms with Crippen molar-refractivity contribution in [3.05, 3.63) is 12.1 Å². The molecule has 2 aromatic rings. The highest BCUT2D eigenvalue weighted by molar-refractivity contribution is 7.22. The zero-order chi connectivity index (χ0) is 20.1. The van der Waals surface area contributed by atoms with E-state index in [1.54, 1.807) is 11.3 Å². The van der Waals surface area contributed by atoms with E-state index < -0.39 is 0 Å². The van der Waals surface area contributed by atoms with Crippen molar-refractivity contribution < 1.29 is 4.74 Å². The molecule has 5 nitrogen and oxygen atoms in total. The van der Waals surface area contributed by atoms with E-state index in [0.29, 0.717) is 35.4 Å². The van der Waals surface area contributed by atoms with Gasteiger partial charge in [-0.3, -0.25) is 0 Å². The highest BCUT2D eigenvalue weighted by Crippen LogP contribution is 2.37. The van der Waals surface area contributed by atoms with Gasteiger partial charge in [0, 0.05) is 12.1 Å². The molecule has 2 N–H and O–H groups in total. The Morgan fingerprint density at radius 3 is 2.71 bits per heavy atom. The average molecular weight is 403 g/mol. The minimum Gasteiger partial charge on any atom is -0.491 e. The molecule has 0 amide bonds. The molecule has 0 bridgehead atoms. The van der Waals surface area contributed by atoms with Crippen LogP contribution in [0.3, 0.4) is 0 Å². The maximum absolute atomic E-state index is 7.52. The third-order valence-corrected chi connectivity index (χ3v) is 6.30. The second-order valence-electron chi connectivity index (χ2n) is 9.40. The maximum atomic E-state index is 7.52. The van der Waals surface area contributed by atoms with E-state index in [2.05, 4.69) is 38.1 Å². The maximum Gasteiger partial charge on any atom is 0.184 e. The van der Waals surface area contributed by atoms with Crippen molar-refractivity contribution >= 4 is 32.4 Å². The van der Waals surface area contributed by atoms with Crippen molar-refractivity contribution in [1.29, 1.82) is 5.53 Å². The van der Waals surface area contributed by atoms with Crippen LogP contribution in [0.2, 0.25) is 0 Å². The third kappa shape index (κ3) is 5.90. The molecule has 0 spiro atoms. The van der Waals surface area contributed by atoms with E-state index in [0.717, 1.165) is 21.8 Å². The summed E-state index contributed by atoms with van der Waals surface area (Å²) >= 11 is 1.64. The molecule has 0 aliphatic heterocycles. The first-order valence-electron chi connectivity index (χ1n) is 10.6. The van der Waals surface area contributed by atoms with Crippen LogP contribution >= 0.6 is 11.3 Å². The summed E-state index contributed by atoms with van der Waals surface area (Å²) in [5, 5.41) is 8.25. The Kier molecular flexibility index (Phi) is 6.91. The van der Waals surface area contributed by atoms with Crippen molar-refractivity contribution in [3.8, 4) is 5.75 Å². The fourth-order valence-electron chi connectivity index (χ4n) is 4.15. The van der Waals surface area contributed by atoms with Crippen molar-refractivity contribution in [2.24, 2.45) is 16.4 Å². The standard InChI is InChI=1S/C22H34N4OS/c1-15(14-22(2,3)4)10-11-27-19-12-18-20(13-17(19)26-23)28-21(25-18)24-16-8-6-5-7-9-16/h12-13,15-16,23H,5-11,14H2,1-4H3,(H,24,25). The lowest BCUT2D eigenvalue weighted by Gasteiger charge is -2.23. The number of nitrogens with zero attached hydrogens (tertiary/aromatic N) is 2. The van der Waals surface area contributed by atoms with Crippen LogP contribution in [0.4, 0.5) is 10.8 Å². The zero-order valence-corrected chi connectivity index (χ0v) is 18.5. The van der Waals surface area contributed by atoms with Gasteiger partial charge >= 0.3 is 0 Å². The number of thiazole rings is 1. The number of rotatable bonds is 8. The Morgan fingerprint density at radius 2 is 2.04 bits per heavy atom. The predicted octanol–water partition coefficient (Wildman–Crippen LogP) is 7.54. The van der Waals surface area contributed by atoms with Crippen molar-refractivity contribution in [3.63, 3.8) is 0 Å². The van der Waals surface area contributed by atoms with Crippen LogP contribution in [0.15, 0.2) is 17.2 Å². The Balaban J connectivity index is 1.65. The van der Waals surface area contributed by atoms with E-state index >= 15 is 0 Å². The molecule has 1 aromatic heterocycles. The summed E-state index contributed by atoms with van der Waals surface area (Å²) in [6.07, 6.45) is 8.58. The molecule has 1 unspecified atom stereocenters. The fourth-order valence-corrected chi connectivity index (χ4v) is 5.11. The summed E-state index contributed by atoms with van der Waals surface area (Å²) in [6, 6.07) is 4.41. The van der Waals surface area contributed by atoms with Crippen molar-refractivity contribution in [2.45, 2.75) is 78.7 Å². The van der Waals surface area contributed by atoms with Gasteiger partial charge in [-0.25, -0.2) is 10.5 Å². The third-order valence-electron chi connectivity index (χ3n) is 5.35. The van der Waals surface area contributed by atoms with Crippen LogP contribution in [-0.2, 0) is 0 Å². The highest BCUT2D eigenvalue weighted by Gasteiger charge is 2.17. The number of hydrogen-bond acceptors (Lipinski definition) is 6. The molecule has 1 aliphatic carbocycles. The second-order valence-corrected chi connectivity index (χ2v) is 10.4. The van der Waals surface area contributed by atoms with Gasteiger partial charge < -0.3 is 10.1 Å². The first kappa shape index (κ1) is 21.0. The summed E-state index contributed by atoms with van der Waals surface area (Å²) in [7, 11) is 0. The molecular weight excluding hydrogens is 368 g/mol. The largest absolute Gasteiger partial charge is 0.491 e. The molecule has 154 valence electrons. The summed E-state index contributed by atoms with van der Waals surface area (Å²) in [5.74, 6) is 1.27. The van der Waals surface area contributed by atoms with Crippen molar-refractivity contribution in [2.75, 3.05) is 11.9 Å². The van der Waals surface area contributed by atoms with Gasteiger partial charge in [-0.1, -0.05) is 58.3 Å². The van der Waals surface area contributed by atoms with Gasteiger partial charge in [0.2, 0.25) is 0 Å². The van der Waals surface area contributed by atoms with Crippen LogP contribution in [0, 0.1) is 16.9 Å². The van der Waals surface area contributed by atoms with Crippen molar-refractivity contribution in [1.82, 2.24) is 4.98 Å². The average Bonchev–Trinajstić information content (AvgIpc) is 3.01. The van der Waals surface area contributed by atoms with Gasteiger partial charge in [0.25, 0.3) is 0 Å². The smallest absolute Gasteiger partial charge is 0.184 e. The topological polar surface area (TPSA) is 70.4 Å². The van der Waals surface area contributed by atoms with E-state index in [1.165, 1.54) is 38.5 Å². The lowest BCUT2D eigenvalue weighted by Crippen LogP contribution is -2.21. The Bertz CT molecular complexity index is 790. The normalized spacial score (nSPS) is 16.9. The number of nitrogens with one attached hydrogen (secondary N) is 2. The number of fused-ring (bicyclic) bond motifs is 1. The first-order valence-corrected chi connectivity index (χ1v) is 11.4. The molecule has 1 aromatic carbocycles. The fraction of sp³-hybridized carbons (Fsp3) is 0.682. The molecule has 1 aliphatic rings. The van der Waals surface area contributed by atoms with Crippen LogP contribution in [-0.4, -0.2) is 17.6 Å². The van der Waals surface area contributed by atoms with Gasteiger partial charge in [0.05, 0.1) is 16.8 Å². The summed E-state index contributed by atoms with van der Waals surface area (Å²) in [5.41, 5.74) is 9.37. The quantitative estimate of drug-likeness (QED) is 0.448. The Morgan fingerprint density at radius 1 is 1.29 bits per heavy atom. The van der Waals surface area contributed by atoms with Gasteiger partial charge in [-0.15, -0.1) is 0 Å². The van der Waals surface area contributed by atoms with Gasteiger partial charge in [0.1, 0.15) is 11.4 Å². The summed E-state index contributed by atoms with van der Waals surface area (Å²) in [4.78, 5) is 4.76. The first-order chi connectivity index (χ1) is 13.3. The summed E-state index contributed by atoms with van der Waals surface area (Å²) in [6.45, 7) is 9.74. The van der Waals surface area contributed by atoms with E-state index in [1.807, 2.05) is 12.1 Å². The number of ether oxygens (including phenoxy) is 1. The number of anilines is 1. The van der Waals surface area contributed by atoms with E-state index in [-0.39, 0.29) is 0 Å². The monoisotopic (exact) mass is 402 g/mol. The molecule has 1 saturated carbocycles. The van der Waals surface area contributed by atoms with Gasteiger partial charge in [-0.2, -0.15) is 5.11 Å². The number of hydrogen-bond donors (Lipinski definition) is 2. The molecule has 0 saturated heterocycles. The molecule has 1 atom stereocenters. The molecule has 0 radical (unpaired) electrons. The molecule has 6 heteroatoms. The Labute approximate surface area is 172 Å². The zero-order valence-electron chi connectivity index (χ0n) is 17.7. The number of aromatic nitrogens is 1. The molecule has 1 heterocycles. The van der Waals surface area contributed by atoms with E-state index in [4.69, 9.17) is 15.3 Å². The lowest BCUT2D eigenvalue weighted by molar-refractivity contribution is 0.241. The number of benzene rings is 1. The molecule has 28 heavy (non-hydrogen) atoms. The van der Waals surface area contributed by atoms with Crippen LogP contribution in [0.5, 0.6) is 5.75 Å². The van der Waals surface area contributed by atoms with E-state index in [9.17, 15) is 0 Å². The SMILES string of the molecule is CC(CCOc1cc2nc(NC3CCCCC3)sc2cc1N=N)CC(C)(C)C.